The maximum Gasteiger partial charge on any atom is 0.327 e. The molecule has 3 aromatic carbocycles. The van der Waals surface area contributed by atoms with Gasteiger partial charge in [0, 0.05) is 4.90 Å². The molecule has 0 aromatic heterocycles. The molecule has 1 fully saturated rings. The van der Waals surface area contributed by atoms with Crippen molar-refractivity contribution in [1.82, 2.24) is 0 Å². The van der Waals surface area contributed by atoms with Gasteiger partial charge in [-0.3, -0.25) is 9.59 Å². The highest BCUT2D eigenvalue weighted by atomic mass is 32.2. The normalized spacial score (nSPS) is 20.9. The lowest BCUT2D eigenvalue weighted by atomic mass is 9.81. The van der Waals surface area contributed by atoms with E-state index in [4.69, 9.17) is 4.74 Å². The first-order valence-corrected chi connectivity index (χ1v) is 12.0. The Hall–Kier alpha value is -2.85. The molecule has 0 radical (unpaired) electrons. The summed E-state index contributed by atoms with van der Waals surface area (Å²) in [5.74, 6) is -0.203. The van der Waals surface area contributed by atoms with E-state index in [2.05, 4.69) is 32.0 Å². The Balaban J connectivity index is 1.60. The first-order chi connectivity index (χ1) is 15.5. The minimum atomic E-state index is -0.931. The molecule has 1 aliphatic rings. The van der Waals surface area contributed by atoms with Gasteiger partial charge in [0.1, 0.15) is 5.60 Å². The van der Waals surface area contributed by atoms with Crippen LogP contribution in [0, 0.1) is 0 Å². The van der Waals surface area contributed by atoms with E-state index in [-0.39, 0.29) is 12.2 Å². The summed E-state index contributed by atoms with van der Waals surface area (Å²) in [7, 11) is 0. The highest BCUT2D eigenvalue weighted by Gasteiger charge is 2.48. The summed E-state index contributed by atoms with van der Waals surface area (Å²) in [5.41, 5.74) is 2.25. The Bertz CT molecular complexity index is 1060. The molecule has 0 bridgehead atoms. The fraction of sp³-hybridized carbons (Fsp3) is 0.286. The summed E-state index contributed by atoms with van der Waals surface area (Å²) < 4.78 is 6.16. The van der Waals surface area contributed by atoms with E-state index in [1.807, 2.05) is 66.7 Å². The van der Waals surface area contributed by atoms with Crippen LogP contribution < -0.4 is 0 Å². The maximum absolute atomic E-state index is 13.4. The molecule has 2 atom stereocenters. The van der Waals surface area contributed by atoms with E-state index in [0.717, 1.165) is 28.0 Å². The average Bonchev–Trinajstić information content (AvgIpc) is 2.81. The van der Waals surface area contributed by atoms with Crippen molar-refractivity contribution in [3.8, 4) is 0 Å². The van der Waals surface area contributed by atoms with E-state index in [9.17, 15) is 9.59 Å². The van der Waals surface area contributed by atoms with Crippen LogP contribution in [0.3, 0.4) is 0 Å². The number of thioether (sulfide) groups is 1. The van der Waals surface area contributed by atoms with Crippen LogP contribution in [-0.2, 0) is 26.3 Å². The van der Waals surface area contributed by atoms with Gasteiger partial charge in [-0.15, -0.1) is 11.8 Å². The quantitative estimate of drug-likeness (QED) is 0.316. The zero-order valence-corrected chi connectivity index (χ0v) is 19.3. The van der Waals surface area contributed by atoms with Crippen LogP contribution in [0.1, 0.15) is 49.3 Å². The number of ketones is 1. The standard InChI is InChI=1S/C28H28O3S/c1-20(2)23-15-9-10-16-25(23)32-26-24(29)19-28(31-27(26)30,22-13-7-4-8-14-22)18-17-21-11-5-3-6-12-21/h3-16,20,26H,17-19H2,1-2H3. The van der Waals surface area contributed by atoms with Gasteiger partial charge >= 0.3 is 5.97 Å². The van der Waals surface area contributed by atoms with Crippen molar-refractivity contribution in [2.75, 3.05) is 0 Å². The molecule has 1 saturated heterocycles. The van der Waals surface area contributed by atoms with Gasteiger partial charge in [-0.2, -0.15) is 0 Å². The Morgan fingerprint density at radius 2 is 1.53 bits per heavy atom. The maximum atomic E-state index is 13.4. The molecule has 164 valence electrons. The Kier molecular flexibility index (Phi) is 6.80. The van der Waals surface area contributed by atoms with Crippen molar-refractivity contribution in [2.24, 2.45) is 0 Å². The molecule has 1 heterocycles. The van der Waals surface area contributed by atoms with Crippen LogP contribution in [-0.4, -0.2) is 17.0 Å². The molecular formula is C28H28O3S. The van der Waals surface area contributed by atoms with Gasteiger partial charge in [0.25, 0.3) is 0 Å². The number of carbonyl (C=O) groups excluding carboxylic acids is 2. The number of esters is 1. The second kappa shape index (κ2) is 9.74. The zero-order valence-electron chi connectivity index (χ0n) is 18.5. The summed E-state index contributed by atoms with van der Waals surface area (Å²) in [6.07, 6.45) is 1.49. The molecule has 3 aromatic rings. The Morgan fingerprint density at radius 1 is 0.906 bits per heavy atom. The molecule has 0 spiro atoms. The van der Waals surface area contributed by atoms with Gasteiger partial charge in [-0.05, 0) is 41.5 Å². The van der Waals surface area contributed by atoms with E-state index in [1.54, 1.807) is 0 Å². The fourth-order valence-corrected chi connectivity index (χ4v) is 5.48. The highest BCUT2D eigenvalue weighted by Crippen LogP contribution is 2.43. The third-order valence-corrected chi connectivity index (χ3v) is 7.33. The SMILES string of the molecule is CC(C)c1ccccc1SC1C(=O)CC(CCc2ccccc2)(c2ccccc2)OC1=O. The minimum Gasteiger partial charge on any atom is -0.453 e. The summed E-state index contributed by atoms with van der Waals surface area (Å²) in [5, 5.41) is -0.830. The predicted octanol–water partition coefficient (Wildman–Crippen LogP) is 6.32. The third-order valence-electron chi connectivity index (χ3n) is 6.01. The zero-order chi connectivity index (χ0) is 22.6. The summed E-state index contributed by atoms with van der Waals surface area (Å²) in [4.78, 5) is 27.6. The monoisotopic (exact) mass is 444 g/mol. The molecular weight excluding hydrogens is 416 g/mol. The van der Waals surface area contributed by atoms with Crippen molar-refractivity contribution in [3.63, 3.8) is 0 Å². The van der Waals surface area contributed by atoms with Crippen molar-refractivity contribution in [2.45, 2.75) is 54.8 Å². The van der Waals surface area contributed by atoms with Crippen molar-refractivity contribution < 1.29 is 14.3 Å². The number of rotatable bonds is 7. The van der Waals surface area contributed by atoms with Crippen LogP contribution in [0.4, 0.5) is 0 Å². The molecule has 32 heavy (non-hydrogen) atoms. The van der Waals surface area contributed by atoms with Gasteiger partial charge in [0.15, 0.2) is 11.0 Å². The van der Waals surface area contributed by atoms with Crippen LogP contribution in [0.2, 0.25) is 0 Å². The molecule has 2 unspecified atom stereocenters. The van der Waals surface area contributed by atoms with E-state index in [0.29, 0.717) is 12.3 Å². The first kappa shape index (κ1) is 22.3. The van der Waals surface area contributed by atoms with Crippen LogP contribution in [0.25, 0.3) is 0 Å². The van der Waals surface area contributed by atoms with Gasteiger partial charge in [0.05, 0.1) is 6.42 Å². The molecule has 0 amide bonds. The summed E-state index contributed by atoms with van der Waals surface area (Å²) in [6, 6.07) is 27.8. The van der Waals surface area contributed by atoms with Gasteiger partial charge in [-0.25, -0.2) is 0 Å². The van der Waals surface area contributed by atoms with Crippen molar-refractivity contribution >= 4 is 23.5 Å². The molecule has 0 N–H and O–H groups in total. The second-order valence-electron chi connectivity index (χ2n) is 8.60. The molecule has 1 aliphatic heterocycles. The predicted molar refractivity (Wildman–Crippen MR) is 129 cm³/mol. The van der Waals surface area contributed by atoms with Gasteiger partial charge in [0.2, 0.25) is 0 Å². The number of ether oxygens (including phenoxy) is 1. The summed E-state index contributed by atoms with van der Waals surface area (Å²) >= 11 is 1.32. The summed E-state index contributed by atoms with van der Waals surface area (Å²) in [6.45, 7) is 4.23. The van der Waals surface area contributed by atoms with Crippen LogP contribution in [0.5, 0.6) is 0 Å². The minimum absolute atomic E-state index is 0.0678. The fourth-order valence-electron chi connectivity index (χ4n) is 4.27. The smallest absolute Gasteiger partial charge is 0.327 e. The lowest BCUT2D eigenvalue weighted by molar-refractivity contribution is -0.171. The lowest BCUT2D eigenvalue weighted by Crippen LogP contribution is -2.47. The molecule has 0 aliphatic carbocycles. The Morgan fingerprint density at radius 3 is 2.19 bits per heavy atom. The largest absolute Gasteiger partial charge is 0.453 e. The third kappa shape index (κ3) is 4.81. The number of aryl methyl sites for hydroxylation is 1. The van der Waals surface area contributed by atoms with Crippen molar-refractivity contribution in [1.29, 1.82) is 0 Å². The highest BCUT2D eigenvalue weighted by molar-refractivity contribution is 8.01. The number of Topliss-reactive ketones (excluding diaryl/α,β-unsaturated/α-hetero) is 1. The van der Waals surface area contributed by atoms with Gasteiger partial charge in [-0.1, -0.05) is 92.7 Å². The molecule has 0 saturated carbocycles. The van der Waals surface area contributed by atoms with Crippen LogP contribution >= 0.6 is 11.8 Å². The number of hydrogen-bond acceptors (Lipinski definition) is 4. The van der Waals surface area contributed by atoms with E-state index in [1.165, 1.54) is 11.8 Å². The van der Waals surface area contributed by atoms with E-state index < -0.39 is 16.8 Å². The topological polar surface area (TPSA) is 43.4 Å². The number of cyclic esters (lactones) is 1. The first-order valence-electron chi connectivity index (χ1n) is 11.1. The number of hydrogen-bond donors (Lipinski definition) is 0. The Labute approximate surface area is 194 Å². The molecule has 4 rings (SSSR count). The number of carbonyl (C=O) groups is 2. The van der Waals surface area contributed by atoms with Crippen LogP contribution in [0.15, 0.2) is 89.8 Å². The van der Waals surface area contributed by atoms with Crippen molar-refractivity contribution in [3.05, 3.63) is 102 Å². The van der Waals surface area contributed by atoms with Gasteiger partial charge < -0.3 is 4.74 Å². The van der Waals surface area contributed by atoms with E-state index >= 15 is 0 Å². The lowest BCUT2D eigenvalue weighted by Gasteiger charge is -2.39. The molecule has 4 heteroatoms. The second-order valence-corrected chi connectivity index (χ2v) is 9.75. The number of benzene rings is 3. The average molecular weight is 445 g/mol. The molecule has 3 nitrogen and oxygen atoms in total.